The Hall–Kier alpha value is -0.840. The van der Waals surface area contributed by atoms with E-state index in [1.807, 2.05) is 18.2 Å². The molecule has 0 bridgehead atoms. The number of carbonyl (C=O) groups is 1. The lowest BCUT2D eigenvalue weighted by Crippen LogP contribution is -2.12. The lowest BCUT2D eigenvalue weighted by Gasteiger charge is -2.09. The maximum Gasteiger partial charge on any atom is 0.256 e. The van der Waals surface area contributed by atoms with Gasteiger partial charge in [-0.25, -0.2) is 0 Å². The molecule has 0 radical (unpaired) electrons. The molecule has 0 saturated carbocycles. The van der Waals surface area contributed by atoms with E-state index in [4.69, 9.17) is 11.6 Å². The quantitative estimate of drug-likeness (QED) is 0.759. The lowest BCUT2D eigenvalue weighted by molar-refractivity contribution is 0.102. The van der Waals surface area contributed by atoms with Gasteiger partial charge >= 0.3 is 0 Å². The Morgan fingerprint density at radius 2 is 1.78 bits per heavy atom. The van der Waals surface area contributed by atoms with Gasteiger partial charge in [0.1, 0.15) is 0 Å². The maximum atomic E-state index is 12.1. The fourth-order valence-electron chi connectivity index (χ4n) is 1.44. The van der Waals surface area contributed by atoms with Gasteiger partial charge in [0.2, 0.25) is 0 Å². The van der Waals surface area contributed by atoms with Crippen molar-refractivity contribution in [2.75, 3.05) is 5.32 Å². The van der Waals surface area contributed by atoms with E-state index in [9.17, 15) is 4.79 Å². The van der Waals surface area contributed by atoms with Crippen LogP contribution in [0, 0.1) is 0 Å². The summed E-state index contributed by atoms with van der Waals surface area (Å²) >= 11 is 12.7. The van der Waals surface area contributed by atoms with Crippen molar-refractivity contribution in [3.63, 3.8) is 0 Å². The van der Waals surface area contributed by atoms with Gasteiger partial charge in [-0.1, -0.05) is 29.8 Å². The van der Waals surface area contributed by atoms with E-state index in [1.165, 1.54) is 0 Å². The molecule has 0 aliphatic heterocycles. The van der Waals surface area contributed by atoms with Crippen LogP contribution in [0.15, 0.2) is 51.4 Å². The highest BCUT2D eigenvalue weighted by atomic mass is 79.9. The van der Waals surface area contributed by atoms with Crippen LogP contribution in [0.4, 0.5) is 5.69 Å². The van der Waals surface area contributed by atoms with E-state index in [0.717, 1.165) is 4.47 Å². The number of hydrogen-bond donors (Lipinski definition) is 1. The summed E-state index contributed by atoms with van der Waals surface area (Å²) < 4.78 is 1.42. The third-order valence-corrected chi connectivity index (χ3v) is 4.41. The molecule has 2 nitrogen and oxygen atoms in total. The van der Waals surface area contributed by atoms with Gasteiger partial charge in [-0.2, -0.15) is 0 Å². The molecule has 0 aliphatic rings. The summed E-state index contributed by atoms with van der Waals surface area (Å²) in [7, 11) is 0. The number of hydrogen-bond acceptors (Lipinski definition) is 1. The molecule has 0 unspecified atom stereocenters. The first-order valence-electron chi connectivity index (χ1n) is 5.09. The molecular weight excluding hydrogens is 381 g/mol. The van der Waals surface area contributed by atoms with Gasteiger partial charge in [0, 0.05) is 4.47 Å². The van der Waals surface area contributed by atoms with Gasteiger partial charge in [-0.05, 0) is 56.1 Å². The van der Waals surface area contributed by atoms with E-state index in [1.54, 1.807) is 24.3 Å². The van der Waals surface area contributed by atoms with Gasteiger partial charge in [0.15, 0.2) is 0 Å². The Kier molecular flexibility index (Phi) is 4.43. The predicted molar refractivity (Wildman–Crippen MR) is 81.2 cm³/mol. The summed E-state index contributed by atoms with van der Waals surface area (Å²) in [5.41, 5.74) is 1.22. The van der Waals surface area contributed by atoms with E-state index in [2.05, 4.69) is 37.2 Å². The SMILES string of the molecule is O=C(Nc1cccc(Cl)c1Br)c1ccccc1Br. The number of amides is 1. The molecule has 0 atom stereocenters. The van der Waals surface area contributed by atoms with Gasteiger partial charge in [-0.3, -0.25) is 4.79 Å². The van der Waals surface area contributed by atoms with Crippen LogP contribution in [0.25, 0.3) is 0 Å². The summed E-state index contributed by atoms with van der Waals surface area (Å²) in [6.45, 7) is 0. The molecule has 0 fully saturated rings. The van der Waals surface area contributed by atoms with E-state index in [-0.39, 0.29) is 5.91 Å². The first-order valence-corrected chi connectivity index (χ1v) is 7.06. The summed E-state index contributed by atoms with van der Waals surface area (Å²) in [6, 6.07) is 12.6. The minimum absolute atomic E-state index is 0.189. The van der Waals surface area contributed by atoms with E-state index in [0.29, 0.717) is 20.7 Å². The van der Waals surface area contributed by atoms with Gasteiger partial charge in [-0.15, -0.1) is 0 Å². The molecule has 92 valence electrons. The molecule has 0 aliphatic carbocycles. The number of rotatable bonds is 2. The van der Waals surface area contributed by atoms with Crippen LogP contribution in [0.2, 0.25) is 5.02 Å². The van der Waals surface area contributed by atoms with Gasteiger partial charge in [0.25, 0.3) is 5.91 Å². The average molecular weight is 389 g/mol. The van der Waals surface area contributed by atoms with Crippen molar-refractivity contribution in [3.05, 3.63) is 62.0 Å². The first-order chi connectivity index (χ1) is 8.59. The Morgan fingerprint density at radius 1 is 1.06 bits per heavy atom. The Bertz CT molecular complexity index is 601. The van der Waals surface area contributed by atoms with Crippen LogP contribution >= 0.6 is 43.5 Å². The Morgan fingerprint density at radius 3 is 2.50 bits per heavy atom. The summed E-state index contributed by atoms with van der Waals surface area (Å²) in [6.07, 6.45) is 0. The molecule has 1 N–H and O–H groups in total. The highest BCUT2D eigenvalue weighted by Crippen LogP contribution is 2.30. The molecule has 0 spiro atoms. The number of benzene rings is 2. The largest absolute Gasteiger partial charge is 0.321 e. The Balaban J connectivity index is 2.27. The average Bonchev–Trinajstić information content (AvgIpc) is 2.35. The zero-order chi connectivity index (χ0) is 13.1. The smallest absolute Gasteiger partial charge is 0.256 e. The first kappa shape index (κ1) is 13.6. The maximum absolute atomic E-state index is 12.1. The van der Waals surface area contributed by atoms with Crippen molar-refractivity contribution in [2.24, 2.45) is 0 Å². The van der Waals surface area contributed by atoms with Gasteiger partial charge in [0.05, 0.1) is 20.7 Å². The van der Waals surface area contributed by atoms with E-state index >= 15 is 0 Å². The third-order valence-electron chi connectivity index (χ3n) is 2.32. The monoisotopic (exact) mass is 387 g/mol. The highest BCUT2D eigenvalue weighted by molar-refractivity contribution is 9.11. The number of carbonyl (C=O) groups excluding carboxylic acids is 1. The lowest BCUT2D eigenvalue weighted by atomic mass is 10.2. The molecule has 0 heterocycles. The topological polar surface area (TPSA) is 29.1 Å². The summed E-state index contributed by atoms with van der Waals surface area (Å²) in [5, 5.41) is 3.36. The molecule has 18 heavy (non-hydrogen) atoms. The molecule has 2 rings (SSSR count). The summed E-state index contributed by atoms with van der Waals surface area (Å²) in [4.78, 5) is 12.1. The zero-order valence-electron chi connectivity index (χ0n) is 9.08. The molecule has 0 saturated heterocycles. The number of nitrogens with one attached hydrogen (secondary N) is 1. The molecule has 0 aromatic heterocycles. The molecule has 5 heteroatoms. The van der Waals surface area contributed by atoms with Crippen LogP contribution < -0.4 is 5.32 Å². The van der Waals surface area contributed by atoms with Crippen LogP contribution in [0.1, 0.15) is 10.4 Å². The fraction of sp³-hybridized carbons (Fsp3) is 0. The van der Waals surface area contributed by atoms with Crippen LogP contribution in [0.3, 0.4) is 0 Å². The van der Waals surface area contributed by atoms with Crippen molar-refractivity contribution in [1.82, 2.24) is 0 Å². The van der Waals surface area contributed by atoms with Crippen molar-refractivity contribution in [2.45, 2.75) is 0 Å². The van der Waals surface area contributed by atoms with Crippen LogP contribution in [0.5, 0.6) is 0 Å². The summed E-state index contributed by atoms with van der Waals surface area (Å²) in [5.74, 6) is -0.189. The van der Waals surface area contributed by atoms with Crippen LogP contribution in [-0.2, 0) is 0 Å². The second-order valence-electron chi connectivity index (χ2n) is 3.54. The van der Waals surface area contributed by atoms with Crippen molar-refractivity contribution >= 4 is 55.1 Å². The van der Waals surface area contributed by atoms with Crippen molar-refractivity contribution < 1.29 is 4.79 Å². The van der Waals surface area contributed by atoms with Crippen molar-refractivity contribution in [3.8, 4) is 0 Å². The molecule has 1 amide bonds. The third kappa shape index (κ3) is 2.94. The molecular formula is C13H8Br2ClNO. The molecule has 2 aromatic rings. The minimum atomic E-state index is -0.189. The number of anilines is 1. The standard InChI is InChI=1S/C13H8Br2ClNO/c14-9-5-2-1-4-8(9)13(18)17-11-7-3-6-10(16)12(11)15/h1-7H,(H,17,18). The fourth-order valence-corrected chi connectivity index (χ4v) is 2.44. The minimum Gasteiger partial charge on any atom is -0.321 e. The number of halogens is 3. The van der Waals surface area contributed by atoms with Crippen LogP contribution in [-0.4, -0.2) is 5.91 Å². The second-order valence-corrected chi connectivity index (χ2v) is 5.59. The molecule has 2 aromatic carbocycles. The highest BCUT2D eigenvalue weighted by Gasteiger charge is 2.11. The normalized spacial score (nSPS) is 10.2. The van der Waals surface area contributed by atoms with Crippen molar-refractivity contribution in [1.29, 1.82) is 0 Å². The second kappa shape index (κ2) is 5.87. The zero-order valence-corrected chi connectivity index (χ0v) is 13.0. The predicted octanol–water partition coefficient (Wildman–Crippen LogP) is 5.12. The Labute approximate surface area is 127 Å². The van der Waals surface area contributed by atoms with E-state index < -0.39 is 0 Å². The van der Waals surface area contributed by atoms with Gasteiger partial charge < -0.3 is 5.32 Å².